The molecule has 324 valence electrons. The van der Waals surface area contributed by atoms with Crippen LogP contribution in [-0.4, -0.2) is 49.3 Å². The molecule has 1 unspecified atom stereocenters. The summed E-state index contributed by atoms with van der Waals surface area (Å²) >= 11 is 0. The van der Waals surface area contributed by atoms with Crippen LogP contribution in [0.1, 0.15) is 219 Å². The lowest BCUT2D eigenvalue weighted by molar-refractivity contribution is -0.161. The number of ether oxygens (including phenoxy) is 2. The molecule has 0 bridgehead atoms. The summed E-state index contributed by atoms with van der Waals surface area (Å²) in [7, 11) is -4.38. The molecular weight excluding hydrogens is 713 g/mol. The normalized spacial score (nSPS) is 13.5. The average Bonchev–Trinajstić information content (AvgIpc) is 3.17. The number of allylic oxidation sites excluding steroid dienone is 4. The van der Waals surface area contributed by atoms with E-state index in [9.17, 15) is 19.0 Å². The van der Waals surface area contributed by atoms with Crippen molar-refractivity contribution in [3.8, 4) is 0 Å². The van der Waals surface area contributed by atoms with E-state index in [1.807, 2.05) is 0 Å². The summed E-state index contributed by atoms with van der Waals surface area (Å²) in [5, 5.41) is 0. The van der Waals surface area contributed by atoms with Gasteiger partial charge in [0, 0.05) is 19.4 Å². The lowest BCUT2D eigenvalue weighted by atomic mass is 10.0. The van der Waals surface area contributed by atoms with Crippen molar-refractivity contribution < 1.29 is 37.6 Å². The zero-order chi connectivity index (χ0) is 40.3. The number of unbranched alkanes of at least 4 members (excludes halogenated alkanes) is 26. The molecule has 0 heterocycles. The van der Waals surface area contributed by atoms with Crippen molar-refractivity contribution in [2.45, 2.75) is 225 Å². The SMILES string of the molecule is CCCCCC=CCC=CCCCCCCCC(=O)O[C@H](COC(=O)CCCCCCCCCCCCCCCCCCCCC)COP(=O)(O)OCCN. The van der Waals surface area contributed by atoms with Gasteiger partial charge >= 0.3 is 19.8 Å². The van der Waals surface area contributed by atoms with E-state index in [1.54, 1.807) is 0 Å². The number of carbonyl (C=O) groups is 2. The van der Waals surface area contributed by atoms with Crippen molar-refractivity contribution in [1.82, 2.24) is 0 Å². The molecular formula is C45H86NO8P. The summed E-state index contributed by atoms with van der Waals surface area (Å²) in [4.78, 5) is 34.9. The smallest absolute Gasteiger partial charge is 0.462 e. The molecule has 0 amide bonds. The van der Waals surface area contributed by atoms with Crippen LogP contribution < -0.4 is 5.73 Å². The molecule has 0 fully saturated rings. The molecule has 0 rings (SSSR count). The topological polar surface area (TPSA) is 134 Å². The van der Waals surface area contributed by atoms with Crippen LogP contribution in [0.5, 0.6) is 0 Å². The van der Waals surface area contributed by atoms with Crippen LogP contribution in [-0.2, 0) is 32.7 Å². The lowest BCUT2D eigenvalue weighted by Crippen LogP contribution is -2.29. The van der Waals surface area contributed by atoms with Crippen molar-refractivity contribution in [2.24, 2.45) is 5.73 Å². The van der Waals surface area contributed by atoms with E-state index in [0.29, 0.717) is 6.42 Å². The minimum Gasteiger partial charge on any atom is -0.462 e. The summed E-state index contributed by atoms with van der Waals surface area (Å²) in [5.41, 5.74) is 5.35. The lowest BCUT2D eigenvalue weighted by Gasteiger charge is -2.19. The van der Waals surface area contributed by atoms with Gasteiger partial charge in [-0.2, -0.15) is 0 Å². The maximum Gasteiger partial charge on any atom is 0.472 e. The van der Waals surface area contributed by atoms with E-state index in [2.05, 4.69) is 38.2 Å². The van der Waals surface area contributed by atoms with E-state index in [0.717, 1.165) is 57.8 Å². The highest BCUT2D eigenvalue weighted by atomic mass is 31.2. The number of esters is 2. The zero-order valence-corrected chi connectivity index (χ0v) is 36.6. The second-order valence-corrected chi connectivity index (χ2v) is 16.7. The summed E-state index contributed by atoms with van der Waals surface area (Å²) in [5.74, 6) is -0.835. The Kier molecular flexibility index (Phi) is 40.9. The summed E-state index contributed by atoms with van der Waals surface area (Å²) in [6, 6.07) is 0. The van der Waals surface area contributed by atoms with Gasteiger partial charge in [0.1, 0.15) is 6.61 Å². The second kappa shape index (κ2) is 42.1. The number of nitrogens with two attached hydrogens (primary N) is 1. The molecule has 3 N–H and O–H groups in total. The van der Waals surface area contributed by atoms with Gasteiger partial charge in [-0.05, 0) is 44.9 Å². The van der Waals surface area contributed by atoms with Gasteiger partial charge in [0.2, 0.25) is 0 Å². The fourth-order valence-electron chi connectivity index (χ4n) is 6.43. The third-order valence-electron chi connectivity index (χ3n) is 9.84. The third kappa shape index (κ3) is 41.9. The predicted molar refractivity (Wildman–Crippen MR) is 229 cm³/mol. The van der Waals surface area contributed by atoms with Crippen molar-refractivity contribution in [3.63, 3.8) is 0 Å². The van der Waals surface area contributed by atoms with E-state index >= 15 is 0 Å². The summed E-state index contributed by atoms with van der Waals surface area (Å²) in [6.45, 7) is 3.72. The molecule has 2 atom stereocenters. The Morgan fingerprint density at radius 1 is 0.545 bits per heavy atom. The number of hydrogen-bond acceptors (Lipinski definition) is 8. The van der Waals surface area contributed by atoms with Crippen molar-refractivity contribution in [2.75, 3.05) is 26.4 Å². The fraction of sp³-hybridized carbons (Fsp3) is 0.867. The zero-order valence-electron chi connectivity index (χ0n) is 35.7. The van der Waals surface area contributed by atoms with Crippen molar-refractivity contribution >= 4 is 19.8 Å². The van der Waals surface area contributed by atoms with Crippen LogP contribution >= 0.6 is 7.82 Å². The predicted octanol–water partition coefficient (Wildman–Crippen LogP) is 13.2. The maximum atomic E-state index is 12.6. The molecule has 0 aliphatic carbocycles. The Morgan fingerprint density at radius 3 is 1.42 bits per heavy atom. The third-order valence-corrected chi connectivity index (χ3v) is 10.8. The van der Waals surface area contributed by atoms with Crippen LogP contribution in [0.25, 0.3) is 0 Å². The number of carbonyl (C=O) groups excluding carboxylic acids is 2. The minimum atomic E-state index is -4.38. The van der Waals surface area contributed by atoms with E-state index in [-0.39, 0.29) is 38.6 Å². The molecule has 0 saturated heterocycles. The highest BCUT2D eigenvalue weighted by Gasteiger charge is 2.26. The first kappa shape index (κ1) is 53.5. The van der Waals surface area contributed by atoms with Gasteiger partial charge in [0.15, 0.2) is 6.10 Å². The number of phosphoric ester groups is 1. The Hall–Kier alpha value is -1.51. The number of phosphoric acid groups is 1. The number of hydrogen-bond donors (Lipinski definition) is 2. The van der Waals surface area contributed by atoms with Gasteiger partial charge in [-0.25, -0.2) is 4.57 Å². The van der Waals surface area contributed by atoms with Gasteiger partial charge in [0.05, 0.1) is 13.2 Å². The largest absolute Gasteiger partial charge is 0.472 e. The van der Waals surface area contributed by atoms with Gasteiger partial charge < -0.3 is 20.1 Å². The summed E-state index contributed by atoms with van der Waals surface area (Å²) in [6.07, 6.45) is 44.9. The molecule has 0 aromatic rings. The molecule has 0 spiro atoms. The summed E-state index contributed by atoms with van der Waals surface area (Å²) < 4.78 is 32.8. The highest BCUT2D eigenvalue weighted by molar-refractivity contribution is 7.47. The first-order valence-electron chi connectivity index (χ1n) is 22.8. The molecule has 0 aromatic heterocycles. The van der Waals surface area contributed by atoms with Gasteiger partial charge in [-0.15, -0.1) is 0 Å². The van der Waals surface area contributed by atoms with E-state index in [4.69, 9.17) is 24.3 Å². The quantitative estimate of drug-likeness (QED) is 0.0267. The minimum absolute atomic E-state index is 0.0525. The Balaban J connectivity index is 4.09. The van der Waals surface area contributed by atoms with E-state index in [1.165, 1.54) is 128 Å². The van der Waals surface area contributed by atoms with E-state index < -0.39 is 26.5 Å². The molecule has 0 aliphatic rings. The monoisotopic (exact) mass is 800 g/mol. The Bertz CT molecular complexity index is 959. The van der Waals surface area contributed by atoms with Crippen LogP contribution in [0.2, 0.25) is 0 Å². The van der Waals surface area contributed by atoms with Gasteiger partial charge in [-0.1, -0.05) is 186 Å². The first-order chi connectivity index (χ1) is 26.8. The second-order valence-electron chi connectivity index (χ2n) is 15.3. The van der Waals surface area contributed by atoms with Crippen LogP contribution in [0.15, 0.2) is 24.3 Å². The van der Waals surface area contributed by atoms with Crippen LogP contribution in [0, 0.1) is 0 Å². The maximum absolute atomic E-state index is 12.6. The van der Waals surface area contributed by atoms with Crippen molar-refractivity contribution in [1.29, 1.82) is 0 Å². The fourth-order valence-corrected chi connectivity index (χ4v) is 7.20. The van der Waals surface area contributed by atoms with Crippen LogP contribution in [0.4, 0.5) is 0 Å². The first-order valence-corrected chi connectivity index (χ1v) is 24.3. The molecule has 10 heteroatoms. The standard InChI is InChI=1S/C45H86NO8P/c1-3-5-7-9-11-13-15-17-19-20-21-22-24-25-27-29-31-33-35-37-44(47)51-41-43(42-53-55(49,50)52-40-39-46)54-45(48)38-36-34-32-30-28-26-23-18-16-14-12-10-8-6-4-2/h12,14,18,23,43H,3-11,13,15-17,19-22,24-42,46H2,1-2H3,(H,49,50)/t43-/m1/s1. The molecule has 9 nitrogen and oxygen atoms in total. The highest BCUT2D eigenvalue weighted by Crippen LogP contribution is 2.43. The molecule has 0 radical (unpaired) electrons. The molecule has 0 aliphatic heterocycles. The van der Waals surface area contributed by atoms with Crippen LogP contribution in [0.3, 0.4) is 0 Å². The van der Waals surface area contributed by atoms with Gasteiger partial charge in [0.25, 0.3) is 0 Å². The van der Waals surface area contributed by atoms with Gasteiger partial charge in [-0.3, -0.25) is 18.6 Å². The van der Waals surface area contributed by atoms with Crippen molar-refractivity contribution in [3.05, 3.63) is 24.3 Å². The molecule has 55 heavy (non-hydrogen) atoms. The Labute approximate surface area is 338 Å². The molecule has 0 aromatic carbocycles. The molecule has 0 saturated carbocycles. The number of rotatable bonds is 43. The average molecular weight is 800 g/mol. The Morgan fingerprint density at radius 2 is 0.945 bits per heavy atom.